The molecule has 0 rings (SSSR count). The van der Waals surface area contributed by atoms with Crippen LogP contribution in [0.1, 0.15) is 116 Å². The van der Waals surface area contributed by atoms with Crippen LogP contribution in [0.25, 0.3) is 0 Å². The predicted molar refractivity (Wildman–Crippen MR) is 145 cm³/mol. The van der Waals surface area contributed by atoms with Crippen LogP contribution in [0.3, 0.4) is 0 Å². The molecule has 0 aliphatic carbocycles. The van der Waals surface area contributed by atoms with Crippen LogP contribution in [-0.4, -0.2) is 47.9 Å². The van der Waals surface area contributed by atoms with E-state index >= 15 is 0 Å². The summed E-state index contributed by atoms with van der Waals surface area (Å²) in [6, 6.07) is 0. The van der Waals surface area contributed by atoms with Gasteiger partial charge in [0.25, 0.3) is 0 Å². The molecule has 0 spiro atoms. The summed E-state index contributed by atoms with van der Waals surface area (Å²) in [4.78, 5) is 11.8. The van der Waals surface area contributed by atoms with Gasteiger partial charge in [0.2, 0.25) is 0 Å². The van der Waals surface area contributed by atoms with Crippen LogP contribution in [0.15, 0.2) is 0 Å². The largest absolute Gasteiger partial charge is 0.461 e. The molecule has 0 heterocycles. The first-order valence-electron chi connectivity index (χ1n) is 12.8. The van der Waals surface area contributed by atoms with Crippen LogP contribution in [0.2, 0.25) is 0 Å². The van der Waals surface area contributed by atoms with Crippen LogP contribution in [0.4, 0.5) is 0 Å². The van der Waals surface area contributed by atoms with Crippen molar-refractivity contribution >= 4 is 16.4 Å². The maximum atomic E-state index is 12.0. The van der Waals surface area contributed by atoms with Crippen molar-refractivity contribution in [2.24, 2.45) is 32.8 Å². The van der Waals surface area contributed by atoms with Crippen molar-refractivity contribution in [2.75, 3.05) is 0 Å². The Labute approximate surface area is 221 Å². The van der Waals surface area contributed by atoms with Gasteiger partial charge in [-0.05, 0) is 60.2 Å². The smallest absolute Gasteiger partial charge is 0.397 e. The van der Waals surface area contributed by atoms with Crippen molar-refractivity contribution in [1.82, 2.24) is 0 Å². The maximum absolute atomic E-state index is 12.0. The van der Waals surface area contributed by atoms with Crippen molar-refractivity contribution in [1.29, 1.82) is 0 Å². The molecule has 0 radical (unpaired) electrons. The lowest BCUT2D eigenvalue weighted by Gasteiger charge is -2.53. The minimum absolute atomic E-state index is 0.0981. The van der Waals surface area contributed by atoms with Crippen molar-refractivity contribution in [3.63, 3.8) is 0 Å². The average molecular weight is 538 g/mol. The summed E-state index contributed by atoms with van der Waals surface area (Å²) in [5.41, 5.74) is 2.70. The summed E-state index contributed by atoms with van der Waals surface area (Å²) in [6.45, 7) is 26.6. The van der Waals surface area contributed by atoms with Crippen LogP contribution in [-0.2, 0) is 24.1 Å². The highest BCUT2D eigenvalue weighted by Gasteiger charge is 2.52. The second-order valence-electron chi connectivity index (χ2n) is 14.8. The molecule has 3 unspecified atom stereocenters. The molecule has 0 aliphatic rings. The number of aliphatic hydroxyl groups excluding tert-OH is 1. The number of hydrogen-bond acceptors (Lipinski definition) is 7. The third kappa shape index (κ3) is 9.86. The van der Waals surface area contributed by atoms with E-state index in [9.17, 15) is 22.9 Å². The van der Waals surface area contributed by atoms with Gasteiger partial charge in [-0.2, -0.15) is 8.42 Å². The zero-order chi connectivity index (χ0) is 29.3. The number of carbonyl (C=O) groups is 1. The first-order valence-corrected chi connectivity index (χ1v) is 14.1. The van der Waals surface area contributed by atoms with E-state index in [0.717, 1.165) is 0 Å². The van der Waals surface area contributed by atoms with Gasteiger partial charge < -0.3 is 15.6 Å². The van der Waals surface area contributed by atoms with E-state index in [2.05, 4.69) is 20.8 Å². The van der Waals surface area contributed by atoms with Gasteiger partial charge in [-0.3, -0.25) is 9.35 Å². The van der Waals surface area contributed by atoms with Gasteiger partial charge in [0, 0.05) is 12.5 Å². The zero-order valence-electron chi connectivity index (χ0n) is 25.3. The third-order valence-electron chi connectivity index (χ3n) is 8.70. The molecule has 0 aromatic heterocycles. The van der Waals surface area contributed by atoms with E-state index < -0.39 is 61.9 Å². The highest BCUT2D eigenvalue weighted by atomic mass is 32.3. The molecule has 0 aliphatic heterocycles. The van der Waals surface area contributed by atoms with E-state index in [1.165, 1.54) is 6.92 Å². The van der Waals surface area contributed by atoms with Crippen LogP contribution < -0.4 is 5.73 Å². The Bertz CT molecular complexity index is 846. The van der Waals surface area contributed by atoms with Gasteiger partial charge in [-0.25, -0.2) is 4.18 Å². The monoisotopic (exact) mass is 537 g/mol. The first-order chi connectivity index (χ1) is 15.5. The lowest BCUT2D eigenvalue weighted by atomic mass is 9.55. The van der Waals surface area contributed by atoms with E-state index in [1.54, 1.807) is 13.8 Å². The van der Waals surface area contributed by atoms with Crippen molar-refractivity contribution < 1.29 is 31.8 Å². The average Bonchev–Trinajstić information content (AvgIpc) is 2.55. The predicted octanol–water partition coefficient (Wildman–Crippen LogP) is 5.53. The summed E-state index contributed by atoms with van der Waals surface area (Å²) >= 11 is 0. The zero-order valence-corrected chi connectivity index (χ0v) is 26.1. The number of hydrogen-bond donors (Lipinski definition) is 3. The molecule has 4 N–H and O–H groups in total. The Morgan fingerprint density at radius 2 is 1.17 bits per heavy atom. The van der Waals surface area contributed by atoms with E-state index in [0.29, 0.717) is 12.8 Å². The highest BCUT2D eigenvalue weighted by molar-refractivity contribution is 7.80. The summed E-state index contributed by atoms with van der Waals surface area (Å²) < 4.78 is 44.6. The molecule has 0 fully saturated rings. The van der Waals surface area contributed by atoms with Crippen LogP contribution >= 0.6 is 0 Å². The number of esters is 1. The molecule has 0 aromatic carbocycles. The minimum Gasteiger partial charge on any atom is -0.461 e. The molecule has 3 atom stereocenters. The molecular weight excluding hydrogens is 482 g/mol. The SMILES string of the molecule is CC(=O)OC(CC(C)(C)C(C)(C)C(CC(C)(C)C(C)(C)C(O)CC(C)(C)C)OS(=O)(=O)O)C(C)(C)N. The van der Waals surface area contributed by atoms with E-state index in [1.807, 2.05) is 55.4 Å². The van der Waals surface area contributed by atoms with Crippen molar-refractivity contribution in [3.05, 3.63) is 0 Å². The maximum Gasteiger partial charge on any atom is 0.397 e. The van der Waals surface area contributed by atoms with Gasteiger partial charge in [-0.1, -0.05) is 76.2 Å². The molecule has 0 aromatic rings. The Balaban J connectivity index is 6.44. The highest BCUT2D eigenvalue weighted by Crippen LogP contribution is 2.54. The Morgan fingerprint density at radius 3 is 1.50 bits per heavy atom. The molecule has 0 saturated carbocycles. The lowest BCUT2D eigenvalue weighted by Crippen LogP contribution is -2.54. The molecular formula is C27H55NO7S. The Morgan fingerprint density at radius 1 is 0.778 bits per heavy atom. The molecule has 0 bridgehead atoms. The quantitative estimate of drug-likeness (QED) is 0.206. The third-order valence-corrected chi connectivity index (χ3v) is 9.18. The number of rotatable bonds is 13. The topological polar surface area (TPSA) is 136 Å². The summed E-state index contributed by atoms with van der Waals surface area (Å²) in [6.07, 6.45) is -1.09. The Hall–Kier alpha value is -0.740. The summed E-state index contributed by atoms with van der Waals surface area (Å²) in [5, 5.41) is 11.2. The second kappa shape index (κ2) is 11.2. The number of aliphatic hydroxyl groups is 1. The number of ether oxygens (including phenoxy) is 1. The fraction of sp³-hybridized carbons (Fsp3) is 0.963. The van der Waals surface area contributed by atoms with Crippen LogP contribution in [0, 0.1) is 27.1 Å². The molecule has 8 nitrogen and oxygen atoms in total. The molecule has 0 saturated heterocycles. The summed E-state index contributed by atoms with van der Waals surface area (Å²) in [7, 11) is -4.78. The number of carbonyl (C=O) groups excluding carboxylic acids is 1. The molecule has 9 heteroatoms. The van der Waals surface area contributed by atoms with Crippen molar-refractivity contribution in [3.8, 4) is 0 Å². The molecule has 36 heavy (non-hydrogen) atoms. The summed E-state index contributed by atoms with van der Waals surface area (Å²) in [5.74, 6) is -0.450. The van der Waals surface area contributed by atoms with Gasteiger partial charge in [0.05, 0.1) is 12.2 Å². The second-order valence-corrected chi connectivity index (χ2v) is 15.9. The van der Waals surface area contributed by atoms with Gasteiger partial charge in [0.1, 0.15) is 6.10 Å². The van der Waals surface area contributed by atoms with Gasteiger partial charge >= 0.3 is 16.4 Å². The Kier molecular flexibility index (Phi) is 10.9. The molecule has 216 valence electrons. The molecule has 0 amide bonds. The minimum atomic E-state index is -4.78. The fourth-order valence-electron chi connectivity index (χ4n) is 4.39. The normalized spacial score (nSPS) is 17.5. The fourth-order valence-corrected chi connectivity index (χ4v) is 4.99. The first kappa shape index (κ1) is 35.3. The van der Waals surface area contributed by atoms with Crippen molar-refractivity contribution in [2.45, 2.75) is 140 Å². The van der Waals surface area contributed by atoms with Gasteiger partial charge in [0.15, 0.2) is 0 Å². The van der Waals surface area contributed by atoms with Crippen LogP contribution in [0.5, 0.6) is 0 Å². The lowest BCUT2D eigenvalue weighted by molar-refractivity contribution is -0.154. The van der Waals surface area contributed by atoms with E-state index in [-0.39, 0.29) is 11.8 Å². The number of nitrogens with two attached hydrogens (primary N) is 1. The standard InChI is InChI=1S/C27H55NO7S/c1-18(29)34-21(27(13,14)28)17-24(7,8)26(11,12)20(35-36(31,32)33)16-23(5,6)25(9,10)19(30)15-22(2,3)4/h19-21,30H,15-17,28H2,1-14H3,(H,31,32,33). The van der Waals surface area contributed by atoms with Gasteiger partial charge in [-0.15, -0.1) is 0 Å². The van der Waals surface area contributed by atoms with E-state index in [4.69, 9.17) is 14.7 Å².